The van der Waals surface area contributed by atoms with Gasteiger partial charge in [0.15, 0.2) is 5.70 Å². The molecule has 6 nitrogen and oxygen atoms in total. The van der Waals surface area contributed by atoms with Crippen LogP contribution in [0.25, 0.3) is 0 Å². The van der Waals surface area contributed by atoms with Crippen LogP contribution >= 0.6 is 15.9 Å². The van der Waals surface area contributed by atoms with Crippen LogP contribution in [0.15, 0.2) is 34.2 Å². The Bertz CT molecular complexity index is 505. The first-order chi connectivity index (χ1) is 7.86. The lowest BCUT2D eigenvalue weighted by atomic mass is 10.2. The molecule has 0 spiro atoms. The molecule has 94 valence electrons. The smallest absolute Gasteiger partial charge is 0.301 e. The summed E-state index contributed by atoms with van der Waals surface area (Å²) in [4.78, 5) is 0. The second-order valence-electron chi connectivity index (χ2n) is 3.45. The number of nitrogens with two attached hydrogens (primary N) is 1. The Labute approximate surface area is 109 Å². The third kappa shape index (κ3) is 3.77. The Morgan fingerprint density at radius 2 is 2.18 bits per heavy atom. The maximum Gasteiger partial charge on any atom is 0.301 e. The van der Waals surface area contributed by atoms with Crippen molar-refractivity contribution in [3.63, 3.8) is 0 Å². The van der Waals surface area contributed by atoms with E-state index in [1.54, 1.807) is 17.6 Å². The van der Waals surface area contributed by atoms with Gasteiger partial charge in [-0.2, -0.15) is 12.7 Å². The van der Waals surface area contributed by atoms with E-state index in [0.717, 1.165) is 15.0 Å². The molecule has 1 rings (SSSR count). The van der Waals surface area contributed by atoms with E-state index in [1.807, 2.05) is 0 Å². The van der Waals surface area contributed by atoms with E-state index in [9.17, 15) is 8.42 Å². The molecule has 0 aromatic carbocycles. The van der Waals surface area contributed by atoms with Crippen molar-refractivity contribution in [3.05, 3.63) is 34.2 Å². The summed E-state index contributed by atoms with van der Waals surface area (Å²) in [5, 5.41) is 8.75. The fraction of sp³-hybridized carbons (Fsp3) is 0.222. The zero-order chi connectivity index (χ0) is 13.1. The van der Waals surface area contributed by atoms with Crippen LogP contribution in [0.5, 0.6) is 0 Å². The summed E-state index contributed by atoms with van der Waals surface area (Å²) in [5.74, 6) is 0. The maximum absolute atomic E-state index is 11.7. The second kappa shape index (κ2) is 5.58. The van der Waals surface area contributed by atoms with Gasteiger partial charge >= 0.3 is 10.2 Å². The van der Waals surface area contributed by atoms with Gasteiger partial charge in [0.05, 0.1) is 4.48 Å². The molecule has 1 heterocycles. The second-order valence-corrected chi connectivity index (χ2v) is 6.25. The first-order valence-corrected chi connectivity index (χ1v) is 6.94. The summed E-state index contributed by atoms with van der Waals surface area (Å²) < 4.78 is 27.7. The predicted molar refractivity (Wildman–Crippen MR) is 69.6 cm³/mol. The van der Waals surface area contributed by atoms with Crippen molar-refractivity contribution in [3.8, 4) is 0 Å². The molecule has 4 N–H and O–H groups in total. The highest BCUT2D eigenvalue weighted by molar-refractivity contribution is 9.11. The molecule has 1 aliphatic rings. The minimum atomic E-state index is -3.54. The molecule has 0 radical (unpaired) electrons. The Hall–Kier alpha value is -0.960. The van der Waals surface area contributed by atoms with Gasteiger partial charge in [-0.1, -0.05) is 0 Å². The van der Waals surface area contributed by atoms with Crippen molar-refractivity contribution in [1.29, 1.82) is 5.41 Å². The fourth-order valence-electron chi connectivity index (χ4n) is 1.08. The van der Waals surface area contributed by atoms with Gasteiger partial charge in [0.25, 0.3) is 0 Å². The van der Waals surface area contributed by atoms with Crippen LogP contribution < -0.4 is 10.0 Å². The average molecular weight is 322 g/mol. The predicted octanol–water partition coefficient (Wildman–Crippen LogP) is -0.387. The first-order valence-electron chi connectivity index (χ1n) is 4.70. The molecule has 1 aliphatic heterocycles. The molecule has 0 aromatic rings. The molecule has 0 bridgehead atoms. The molecule has 0 atom stereocenters. The lowest BCUT2D eigenvalue weighted by Crippen LogP contribution is -2.77. The summed E-state index contributed by atoms with van der Waals surface area (Å²) in [5.41, 5.74) is 1.06. The van der Waals surface area contributed by atoms with Gasteiger partial charge in [0.1, 0.15) is 11.9 Å². The quantitative estimate of drug-likeness (QED) is 0.616. The molecule has 0 fully saturated rings. The number of quaternary nitrogens is 1. The van der Waals surface area contributed by atoms with Crippen LogP contribution in [-0.4, -0.2) is 33.0 Å². The number of rotatable bonds is 4. The first kappa shape index (κ1) is 14.1. The van der Waals surface area contributed by atoms with Gasteiger partial charge in [0.2, 0.25) is 0 Å². The molecule has 8 heteroatoms. The summed E-state index contributed by atoms with van der Waals surface area (Å²) in [6.45, 7) is 0. The van der Waals surface area contributed by atoms with Crippen LogP contribution in [0, 0.1) is 5.41 Å². The molecular weight excluding hydrogens is 308 g/mol. The Kier molecular flexibility index (Phi) is 4.63. The van der Waals surface area contributed by atoms with E-state index in [2.05, 4.69) is 20.7 Å². The molecule has 0 aromatic heterocycles. The molecular formula is C9H14BrN4O2S+. The van der Waals surface area contributed by atoms with E-state index in [4.69, 9.17) is 5.41 Å². The van der Waals surface area contributed by atoms with Crippen molar-refractivity contribution < 1.29 is 13.7 Å². The van der Waals surface area contributed by atoms with E-state index < -0.39 is 10.2 Å². The van der Waals surface area contributed by atoms with Crippen LogP contribution in [0.3, 0.4) is 0 Å². The number of allylic oxidation sites excluding steroid dienone is 3. The Morgan fingerprint density at radius 3 is 2.71 bits per heavy atom. The van der Waals surface area contributed by atoms with Gasteiger partial charge in [-0.3, -0.25) is 10.0 Å². The van der Waals surface area contributed by atoms with E-state index in [1.165, 1.54) is 20.2 Å². The van der Waals surface area contributed by atoms with Crippen molar-refractivity contribution >= 4 is 32.4 Å². The van der Waals surface area contributed by atoms with Crippen LogP contribution in [-0.2, 0) is 10.2 Å². The number of halogens is 1. The lowest BCUT2D eigenvalue weighted by molar-refractivity contribution is -0.532. The van der Waals surface area contributed by atoms with Crippen molar-refractivity contribution in [2.24, 2.45) is 0 Å². The molecule has 0 saturated heterocycles. The molecule has 17 heavy (non-hydrogen) atoms. The van der Waals surface area contributed by atoms with E-state index in [0.29, 0.717) is 11.4 Å². The van der Waals surface area contributed by atoms with Gasteiger partial charge in [-0.15, -0.1) is 0 Å². The minimum absolute atomic E-state index is 0.427. The number of hydrogen-bond acceptors (Lipinski definition) is 3. The highest BCUT2D eigenvalue weighted by atomic mass is 79.9. The number of hydrogen-bond donors (Lipinski definition) is 3. The van der Waals surface area contributed by atoms with Crippen LogP contribution in [0.4, 0.5) is 0 Å². The fourth-order valence-corrected chi connectivity index (χ4v) is 2.08. The SMILES string of the molecule is CN(C)S(=O)(=O)NC1=CC(Br)=C[NH2+]/C1=C\C=N. The Morgan fingerprint density at radius 1 is 1.53 bits per heavy atom. The lowest BCUT2D eigenvalue weighted by Gasteiger charge is -2.17. The van der Waals surface area contributed by atoms with Crippen LogP contribution in [0.2, 0.25) is 0 Å². The van der Waals surface area contributed by atoms with Gasteiger partial charge < -0.3 is 5.41 Å². The normalized spacial score (nSPS) is 18.9. The summed E-state index contributed by atoms with van der Waals surface area (Å²) in [6, 6.07) is 0. The van der Waals surface area contributed by atoms with Crippen LogP contribution in [0.1, 0.15) is 0 Å². The van der Waals surface area contributed by atoms with Crippen molar-refractivity contribution in [2.75, 3.05) is 14.1 Å². The van der Waals surface area contributed by atoms with Gasteiger partial charge in [-0.25, -0.2) is 0 Å². The summed E-state index contributed by atoms with van der Waals surface area (Å²) >= 11 is 3.27. The maximum atomic E-state index is 11.7. The third-order valence-electron chi connectivity index (χ3n) is 2.00. The van der Waals surface area contributed by atoms with E-state index in [-0.39, 0.29) is 0 Å². The number of nitrogens with zero attached hydrogens (tertiary/aromatic N) is 1. The minimum Gasteiger partial charge on any atom is -0.309 e. The van der Waals surface area contributed by atoms with Gasteiger partial charge in [0, 0.05) is 26.4 Å². The third-order valence-corrected chi connectivity index (χ3v) is 3.93. The number of nitrogens with one attached hydrogen (secondary N) is 2. The molecule has 0 unspecified atom stereocenters. The molecule has 0 aliphatic carbocycles. The zero-order valence-electron chi connectivity index (χ0n) is 9.44. The summed E-state index contributed by atoms with van der Waals surface area (Å²) in [7, 11) is -0.652. The summed E-state index contributed by atoms with van der Waals surface area (Å²) in [6.07, 6.45) is 6.05. The topological polar surface area (TPSA) is 89.9 Å². The van der Waals surface area contributed by atoms with Gasteiger partial charge in [-0.05, 0) is 22.0 Å². The van der Waals surface area contributed by atoms with Crippen molar-refractivity contribution in [1.82, 2.24) is 9.03 Å². The van der Waals surface area contributed by atoms with E-state index >= 15 is 0 Å². The van der Waals surface area contributed by atoms with Crippen molar-refractivity contribution in [2.45, 2.75) is 0 Å². The largest absolute Gasteiger partial charge is 0.309 e. The average Bonchev–Trinajstić information content (AvgIpc) is 2.21. The molecule has 0 saturated carbocycles. The monoisotopic (exact) mass is 321 g/mol. The Balaban J connectivity index is 3.05. The standard InChI is InChI=1S/C9H13BrN4O2S/c1-14(2)17(15,16)13-9-5-7(10)6-12-8(9)3-4-11/h3-6,11-13H,1-2H3/p+1/b8-3-,11-4?. The highest BCUT2D eigenvalue weighted by Crippen LogP contribution is 2.14. The molecule has 0 amide bonds. The highest BCUT2D eigenvalue weighted by Gasteiger charge is 2.21. The zero-order valence-corrected chi connectivity index (χ0v) is 11.8.